The van der Waals surface area contributed by atoms with Crippen molar-refractivity contribution in [3.63, 3.8) is 0 Å². The van der Waals surface area contributed by atoms with Gasteiger partial charge < -0.3 is 4.98 Å². The van der Waals surface area contributed by atoms with E-state index in [4.69, 9.17) is 11.6 Å². The molecule has 1 unspecified atom stereocenters. The Balaban J connectivity index is 2.04. The third-order valence-electron chi connectivity index (χ3n) is 3.38. The summed E-state index contributed by atoms with van der Waals surface area (Å²) in [5.74, 6) is 0. The summed E-state index contributed by atoms with van der Waals surface area (Å²) < 4.78 is 38.5. The molecule has 0 bridgehead atoms. The number of hydrogen-bond acceptors (Lipinski definition) is 0. The van der Waals surface area contributed by atoms with E-state index in [-0.39, 0.29) is 6.42 Å². The minimum Gasteiger partial charge on any atom is -0.355 e. The normalized spacial score (nSPS) is 18.6. The van der Waals surface area contributed by atoms with E-state index in [0.29, 0.717) is 5.69 Å². The van der Waals surface area contributed by atoms with Gasteiger partial charge in [-0.15, -0.1) is 11.6 Å². The molecule has 1 aliphatic rings. The Morgan fingerprint density at radius 1 is 1.15 bits per heavy atom. The molecular formula is C15H11ClF3N. The molecule has 0 saturated carbocycles. The maximum Gasteiger partial charge on any atom is 0.414 e. The fraction of sp³-hybridized carbons (Fsp3) is 0.200. The van der Waals surface area contributed by atoms with Gasteiger partial charge in [0.25, 0.3) is 0 Å². The smallest absolute Gasteiger partial charge is 0.355 e. The molecule has 2 aromatic rings. The highest BCUT2D eigenvalue weighted by Crippen LogP contribution is 2.38. The van der Waals surface area contributed by atoms with E-state index < -0.39 is 17.1 Å². The second-order valence-electron chi connectivity index (χ2n) is 4.76. The van der Waals surface area contributed by atoms with Gasteiger partial charge in [-0.05, 0) is 29.7 Å². The molecule has 104 valence electrons. The van der Waals surface area contributed by atoms with Crippen LogP contribution in [0.25, 0.3) is 17.3 Å². The summed E-state index contributed by atoms with van der Waals surface area (Å²) in [5, 5.41) is -1.03. The predicted octanol–water partition coefficient (Wildman–Crippen LogP) is 4.79. The van der Waals surface area contributed by atoms with Crippen LogP contribution in [0, 0.1) is 0 Å². The topological polar surface area (TPSA) is 15.8 Å². The molecule has 0 fully saturated rings. The van der Waals surface area contributed by atoms with E-state index in [9.17, 15) is 13.2 Å². The van der Waals surface area contributed by atoms with Gasteiger partial charge in [0.2, 0.25) is 0 Å². The van der Waals surface area contributed by atoms with Crippen molar-refractivity contribution in [2.75, 3.05) is 0 Å². The van der Waals surface area contributed by atoms with Crippen LogP contribution >= 0.6 is 11.6 Å². The molecule has 1 aliphatic carbocycles. The van der Waals surface area contributed by atoms with Crippen molar-refractivity contribution in [1.82, 2.24) is 4.98 Å². The number of hydrogen-bond donors (Lipinski definition) is 1. The Labute approximate surface area is 119 Å². The molecule has 1 aromatic carbocycles. The van der Waals surface area contributed by atoms with Gasteiger partial charge in [0.15, 0.2) is 0 Å². The molecule has 5 heteroatoms. The molecule has 1 heterocycles. The summed E-state index contributed by atoms with van der Waals surface area (Å²) in [5.41, 5.74) is 2.37. The van der Waals surface area contributed by atoms with Crippen LogP contribution in [0.4, 0.5) is 13.2 Å². The Kier molecular flexibility index (Phi) is 3.13. The highest BCUT2D eigenvalue weighted by Gasteiger charge is 2.40. The second kappa shape index (κ2) is 4.70. The van der Waals surface area contributed by atoms with Crippen molar-refractivity contribution in [3.05, 3.63) is 53.2 Å². The van der Waals surface area contributed by atoms with Crippen molar-refractivity contribution in [2.45, 2.75) is 18.0 Å². The zero-order valence-corrected chi connectivity index (χ0v) is 11.1. The van der Waals surface area contributed by atoms with E-state index in [2.05, 4.69) is 4.98 Å². The van der Waals surface area contributed by atoms with Crippen LogP contribution in [0.15, 0.2) is 42.0 Å². The fourth-order valence-electron chi connectivity index (χ4n) is 2.39. The third kappa shape index (κ3) is 2.36. The molecule has 1 N–H and O–H groups in total. The molecule has 0 aliphatic heterocycles. The number of fused-ring (bicyclic) bond motifs is 1. The number of benzene rings is 1. The van der Waals surface area contributed by atoms with E-state index in [0.717, 1.165) is 22.9 Å². The average molecular weight is 298 g/mol. The molecule has 0 amide bonds. The number of allylic oxidation sites excluding steroid dienone is 1. The molecular weight excluding hydrogens is 287 g/mol. The van der Waals surface area contributed by atoms with Crippen molar-refractivity contribution < 1.29 is 13.2 Å². The van der Waals surface area contributed by atoms with Gasteiger partial charge in [-0.2, -0.15) is 13.2 Å². The molecule has 3 rings (SSSR count). The van der Waals surface area contributed by atoms with E-state index >= 15 is 0 Å². The van der Waals surface area contributed by atoms with Crippen molar-refractivity contribution in [3.8, 4) is 11.3 Å². The number of aromatic nitrogens is 1. The molecule has 1 nitrogen and oxygen atoms in total. The Morgan fingerprint density at radius 3 is 2.50 bits per heavy atom. The Hall–Kier alpha value is -1.68. The van der Waals surface area contributed by atoms with Crippen molar-refractivity contribution in [1.29, 1.82) is 0 Å². The lowest BCUT2D eigenvalue weighted by Crippen LogP contribution is -2.24. The maximum atomic E-state index is 12.8. The number of H-pyrrole nitrogens is 1. The first-order valence-corrected chi connectivity index (χ1v) is 6.59. The molecule has 1 atom stereocenters. The number of aromatic amines is 1. The van der Waals surface area contributed by atoms with Crippen LogP contribution in [-0.4, -0.2) is 16.5 Å². The predicted molar refractivity (Wildman–Crippen MR) is 73.6 cm³/mol. The first-order chi connectivity index (χ1) is 9.45. The highest BCUT2D eigenvalue weighted by atomic mass is 35.5. The van der Waals surface area contributed by atoms with E-state index in [1.807, 2.05) is 36.4 Å². The first kappa shape index (κ1) is 13.3. The molecule has 0 spiro atoms. The van der Waals surface area contributed by atoms with Gasteiger partial charge in [0.1, 0.15) is 0 Å². The third-order valence-corrected chi connectivity index (χ3v) is 3.77. The zero-order valence-electron chi connectivity index (χ0n) is 10.3. The summed E-state index contributed by atoms with van der Waals surface area (Å²) in [6, 6.07) is 11.3. The maximum absolute atomic E-state index is 12.8. The number of halogens is 4. The molecule has 1 aromatic heterocycles. The van der Waals surface area contributed by atoms with Gasteiger partial charge in [0, 0.05) is 11.4 Å². The lowest BCUT2D eigenvalue weighted by atomic mass is 9.96. The Bertz CT molecular complexity index is 656. The zero-order chi connectivity index (χ0) is 14.3. The lowest BCUT2D eigenvalue weighted by molar-refractivity contribution is -0.0926. The van der Waals surface area contributed by atoms with E-state index in [1.54, 1.807) is 0 Å². The second-order valence-corrected chi connectivity index (χ2v) is 5.28. The monoisotopic (exact) mass is 297 g/mol. The average Bonchev–Trinajstić information content (AvgIpc) is 2.80. The fourth-order valence-corrected chi connectivity index (χ4v) is 2.75. The molecule has 20 heavy (non-hydrogen) atoms. The van der Waals surface area contributed by atoms with Gasteiger partial charge in [-0.1, -0.05) is 30.3 Å². The largest absolute Gasteiger partial charge is 0.414 e. The summed E-state index contributed by atoms with van der Waals surface area (Å²) in [7, 11) is 0. The highest BCUT2D eigenvalue weighted by molar-refractivity contribution is 6.23. The van der Waals surface area contributed by atoms with Crippen LogP contribution in [0.3, 0.4) is 0 Å². The quantitative estimate of drug-likeness (QED) is 0.728. The van der Waals surface area contributed by atoms with Gasteiger partial charge in [-0.3, -0.25) is 0 Å². The van der Waals surface area contributed by atoms with Crippen LogP contribution in [0.5, 0.6) is 0 Å². The number of nitrogens with one attached hydrogen (secondary N) is 1. The minimum atomic E-state index is -4.39. The van der Waals surface area contributed by atoms with Crippen molar-refractivity contribution in [2.24, 2.45) is 0 Å². The van der Waals surface area contributed by atoms with Gasteiger partial charge >= 0.3 is 6.18 Å². The van der Waals surface area contributed by atoms with Crippen molar-refractivity contribution >= 4 is 17.7 Å². The summed E-state index contributed by atoms with van der Waals surface area (Å²) in [4.78, 5) is 3.04. The molecule has 0 radical (unpaired) electrons. The molecule has 0 saturated heterocycles. The Morgan fingerprint density at radius 2 is 1.85 bits per heavy atom. The minimum absolute atomic E-state index is 0.186. The standard InChI is InChI=1S/C15H11ClF3N/c16-12-6-10-7-13(9-4-2-1-3-5-9)20-14(10)8-11(12)15(17,18)19/h1-5,7-8,12,20H,6H2. The van der Waals surface area contributed by atoms with Gasteiger partial charge in [-0.25, -0.2) is 0 Å². The van der Waals surface area contributed by atoms with E-state index in [1.165, 1.54) is 0 Å². The van der Waals surface area contributed by atoms with Crippen LogP contribution < -0.4 is 0 Å². The van der Waals surface area contributed by atoms with Gasteiger partial charge in [0.05, 0.1) is 11.0 Å². The summed E-state index contributed by atoms with van der Waals surface area (Å²) in [6.45, 7) is 0. The van der Waals surface area contributed by atoms with Crippen LogP contribution in [0.1, 0.15) is 11.3 Å². The summed E-state index contributed by atoms with van der Waals surface area (Å²) in [6.07, 6.45) is -3.09. The SMILES string of the molecule is FC(F)(F)C1=Cc2[nH]c(-c3ccccc3)cc2CC1Cl. The van der Waals surface area contributed by atoms with Crippen LogP contribution in [0.2, 0.25) is 0 Å². The lowest BCUT2D eigenvalue weighted by Gasteiger charge is -2.21. The van der Waals surface area contributed by atoms with Crippen LogP contribution in [-0.2, 0) is 6.42 Å². The first-order valence-electron chi connectivity index (χ1n) is 6.15. The number of alkyl halides is 4. The summed E-state index contributed by atoms with van der Waals surface area (Å²) >= 11 is 5.85. The number of rotatable bonds is 1.